The zero-order chi connectivity index (χ0) is 35.3. The zero-order valence-electron chi connectivity index (χ0n) is 29.6. The van der Waals surface area contributed by atoms with Crippen molar-refractivity contribution in [3.05, 3.63) is 198 Å². The predicted molar refractivity (Wildman–Crippen MR) is 221 cm³/mol. The molecule has 0 saturated heterocycles. The summed E-state index contributed by atoms with van der Waals surface area (Å²) in [6, 6.07) is 64.4. The Bertz CT molecular complexity index is 2870. The topological polar surface area (TPSA) is 30.7 Å². The van der Waals surface area contributed by atoms with Crippen LogP contribution in [-0.4, -0.2) is 22.6 Å². The third-order valence-corrected chi connectivity index (χ3v) is 15.4. The predicted octanol–water partition coefficient (Wildman–Crippen LogP) is 10.4. The summed E-state index contributed by atoms with van der Waals surface area (Å²) in [6.07, 6.45) is 0. The SMILES string of the molecule is C[Si]1(C)c2ccccc2C2(c3ccccc3-n3c4ccccc4c4cccc2c43)c2cccc(-c3cc(-c4ccccc4)nc(-c4ccccc4)n3)c21. The molecule has 53 heavy (non-hydrogen) atoms. The molecule has 4 heterocycles. The maximum absolute atomic E-state index is 5.42. The van der Waals surface area contributed by atoms with E-state index in [-0.39, 0.29) is 0 Å². The summed E-state index contributed by atoms with van der Waals surface area (Å²) in [7, 11) is -2.36. The van der Waals surface area contributed by atoms with Crippen LogP contribution in [0.15, 0.2) is 176 Å². The van der Waals surface area contributed by atoms with Gasteiger partial charge in [-0.05, 0) is 50.8 Å². The van der Waals surface area contributed by atoms with Crippen molar-refractivity contribution in [3.8, 4) is 39.6 Å². The minimum Gasteiger partial charge on any atom is -0.309 e. The van der Waals surface area contributed by atoms with Gasteiger partial charge in [0.2, 0.25) is 0 Å². The molecule has 2 aromatic heterocycles. The molecule has 4 heteroatoms. The van der Waals surface area contributed by atoms with E-state index in [1.807, 2.05) is 6.07 Å². The fourth-order valence-electron chi connectivity index (χ4n) is 9.73. The highest BCUT2D eigenvalue weighted by Crippen LogP contribution is 2.55. The van der Waals surface area contributed by atoms with Crippen LogP contribution >= 0.6 is 0 Å². The van der Waals surface area contributed by atoms with Crippen molar-refractivity contribution in [1.29, 1.82) is 0 Å². The number of hydrogen-bond acceptors (Lipinski definition) is 2. The minimum atomic E-state index is -2.36. The lowest BCUT2D eigenvalue weighted by molar-refractivity contribution is 0.732. The number of hydrogen-bond donors (Lipinski definition) is 0. The Balaban J connectivity index is 1.29. The van der Waals surface area contributed by atoms with E-state index in [0.717, 1.165) is 28.3 Å². The molecular weight excluding hydrogens is 659 g/mol. The number of nitrogens with zero attached hydrogens (tertiary/aromatic N) is 3. The van der Waals surface area contributed by atoms with Crippen molar-refractivity contribution in [1.82, 2.24) is 14.5 Å². The van der Waals surface area contributed by atoms with Gasteiger partial charge in [0.15, 0.2) is 5.82 Å². The fraction of sp³-hybridized carbons (Fsp3) is 0.0612. The van der Waals surface area contributed by atoms with Gasteiger partial charge in [0.05, 0.1) is 33.5 Å². The molecule has 1 atom stereocenters. The average Bonchev–Trinajstić information content (AvgIpc) is 3.56. The van der Waals surface area contributed by atoms with Crippen LogP contribution in [0.2, 0.25) is 13.1 Å². The molecule has 1 spiro atoms. The summed E-state index contributed by atoms with van der Waals surface area (Å²) in [5.74, 6) is 0.738. The highest BCUT2D eigenvalue weighted by atomic mass is 28.3. The van der Waals surface area contributed by atoms with Crippen molar-refractivity contribution in [2.24, 2.45) is 0 Å². The molecule has 3 nitrogen and oxygen atoms in total. The fourth-order valence-corrected chi connectivity index (χ4v) is 13.3. The van der Waals surface area contributed by atoms with Gasteiger partial charge in [0.25, 0.3) is 0 Å². The van der Waals surface area contributed by atoms with Gasteiger partial charge < -0.3 is 4.57 Å². The van der Waals surface area contributed by atoms with Crippen molar-refractivity contribution >= 4 is 40.3 Å². The van der Waals surface area contributed by atoms with E-state index in [1.165, 1.54) is 65.7 Å². The summed E-state index contributed by atoms with van der Waals surface area (Å²) < 4.78 is 2.52. The molecule has 0 N–H and O–H groups in total. The molecule has 0 aliphatic carbocycles. The quantitative estimate of drug-likeness (QED) is 0.173. The molecular formula is C49H35N3Si. The zero-order valence-corrected chi connectivity index (χ0v) is 30.6. The number of benzene rings is 7. The standard InChI is InChI=1S/C49H35N3Si/c1-53(2)45-30-14-11-25-38(45)49(37-24-10-13-29-44(37)52-43-28-12-9-21-34(43)35-22-15-26-39(49)46(35)52)40-27-16-23-36(47(40)53)42-31-41(32-17-5-3-6-18-32)50-48(51-42)33-19-7-4-8-20-33/h3-31H,1-2H3. The summed E-state index contributed by atoms with van der Waals surface area (Å²) >= 11 is 0. The Morgan fingerprint density at radius 2 is 1.09 bits per heavy atom. The summed E-state index contributed by atoms with van der Waals surface area (Å²) in [6.45, 7) is 5.06. The van der Waals surface area contributed by atoms with E-state index < -0.39 is 13.5 Å². The van der Waals surface area contributed by atoms with Crippen LogP contribution in [0.4, 0.5) is 0 Å². The molecule has 7 aromatic carbocycles. The van der Waals surface area contributed by atoms with Crippen LogP contribution in [-0.2, 0) is 5.41 Å². The Labute approximate surface area is 309 Å². The first-order valence-corrected chi connectivity index (χ1v) is 21.4. The van der Waals surface area contributed by atoms with Gasteiger partial charge in [-0.2, -0.15) is 0 Å². The summed E-state index contributed by atoms with van der Waals surface area (Å²) in [5.41, 5.74) is 13.8. The number of rotatable bonds is 3. The molecule has 0 bridgehead atoms. The number of fused-ring (bicyclic) bond motifs is 11. The molecule has 0 amide bonds. The van der Waals surface area contributed by atoms with Gasteiger partial charge in [-0.3, -0.25) is 0 Å². The Morgan fingerprint density at radius 1 is 0.491 bits per heavy atom. The maximum Gasteiger partial charge on any atom is 0.160 e. The largest absolute Gasteiger partial charge is 0.309 e. The van der Waals surface area contributed by atoms with E-state index in [0.29, 0.717) is 0 Å². The third-order valence-electron chi connectivity index (χ3n) is 11.8. The first-order chi connectivity index (χ1) is 26.1. The van der Waals surface area contributed by atoms with E-state index in [9.17, 15) is 0 Å². The van der Waals surface area contributed by atoms with Crippen molar-refractivity contribution in [2.75, 3.05) is 0 Å². The van der Waals surface area contributed by atoms with Crippen LogP contribution in [0.3, 0.4) is 0 Å². The van der Waals surface area contributed by atoms with Crippen LogP contribution in [0.5, 0.6) is 0 Å². The van der Waals surface area contributed by atoms with Crippen molar-refractivity contribution in [3.63, 3.8) is 0 Å². The highest BCUT2D eigenvalue weighted by molar-refractivity contribution is 7.02. The van der Waals surface area contributed by atoms with Crippen molar-refractivity contribution < 1.29 is 0 Å². The smallest absolute Gasteiger partial charge is 0.160 e. The van der Waals surface area contributed by atoms with E-state index in [1.54, 1.807) is 0 Å². The summed E-state index contributed by atoms with van der Waals surface area (Å²) in [4.78, 5) is 10.6. The molecule has 11 rings (SSSR count). The monoisotopic (exact) mass is 693 g/mol. The average molecular weight is 694 g/mol. The van der Waals surface area contributed by atoms with E-state index in [2.05, 4.69) is 188 Å². The van der Waals surface area contributed by atoms with Gasteiger partial charge in [0, 0.05) is 27.5 Å². The number of para-hydroxylation sites is 3. The van der Waals surface area contributed by atoms with Gasteiger partial charge in [-0.25, -0.2) is 9.97 Å². The van der Waals surface area contributed by atoms with Crippen LogP contribution in [0.1, 0.15) is 22.3 Å². The van der Waals surface area contributed by atoms with Crippen LogP contribution in [0, 0.1) is 0 Å². The molecule has 0 fully saturated rings. The summed E-state index contributed by atoms with van der Waals surface area (Å²) in [5, 5.41) is 5.48. The second-order valence-electron chi connectivity index (χ2n) is 14.9. The Hall–Kier alpha value is -6.36. The molecule has 2 aliphatic heterocycles. The lowest BCUT2D eigenvalue weighted by Gasteiger charge is -2.50. The Morgan fingerprint density at radius 3 is 1.92 bits per heavy atom. The minimum absolute atomic E-state index is 0.539. The lowest BCUT2D eigenvalue weighted by Crippen LogP contribution is -2.64. The second kappa shape index (κ2) is 11.1. The maximum atomic E-state index is 5.42. The van der Waals surface area contributed by atoms with Crippen molar-refractivity contribution in [2.45, 2.75) is 18.5 Å². The molecule has 9 aromatic rings. The van der Waals surface area contributed by atoms with Gasteiger partial charge in [-0.1, -0.05) is 171 Å². The molecule has 1 unspecified atom stereocenters. The first-order valence-electron chi connectivity index (χ1n) is 18.4. The molecule has 0 radical (unpaired) electrons. The Kier molecular flexibility index (Phi) is 6.32. The number of aromatic nitrogens is 3. The van der Waals surface area contributed by atoms with E-state index >= 15 is 0 Å². The second-order valence-corrected chi connectivity index (χ2v) is 19.2. The highest BCUT2D eigenvalue weighted by Gasteiger charge is 2.53. The van der Waals surface area contributed by atoms with Crippen LogP contribution < -0.4 is 10.4 Å². The molecule has 250 valence electrons. The van der Waals surface area contributed by atoms with E-state index in [4.69, 9.17) is 9.97 Å². The molecule has 2 aliphatic rings. The molecule has 0 saturated carbocycles. The lowest BCUT2D eigenvalue weighted by atomic mass is 9.62. The third kappa shape index (κ3) is 4.04. The normalized spacial score (nSPS) is 16.3. The van der Waals surface area contributed by atoms with Crippen LogP contribution in [0.25, 0.3) is 61.4 Å². The van der Waals surface area contributed by atoms with Gasteiger partial charge >= 0.3 is 0 Å². The van der Waals surface area contributed by atoms with Gasteiger partial charge in [0.1, 0.15) is 8.07 Å². The first kappa shape index (κ1) is 30.3. The van der Waals surface area contributed by atoms with Gasteiger partial charge in [-0.15, -0.1) is 0 Å².